The molecule has 2 amide bonds. The summed E-state index contributed by atoms with van der Waals surface area (Å²) in [6, 6.07) is 13.8. The molecule has 0 bridgehead atoms. The van der Waals surface area contributed by atoms with Gasteiger partial charge in [0, 0.05) is 38.1 Å². The molecule has 0 saturated carbocycles. The van der Waals surface area contributed by atoms with Crippen LogP contribution in [0.1, 0.15) is 44.9 Å². The minimum absolute atomic E-state index is 0.0116. The molecule has 0 N–H and O–H groups in total. The van der Waals surface area contributed by atoms with Gasteiger partial charge in [-0.3, -0.25) is 9.59 Å². The largest absolute Gasteiger partial charge is 0.353 e. The Morgan fingerprint density at radius 2 is 1.80 bits per heavy atom. The third kappa shape index (κ3) is 7.54. The van der Waals surface area contributed by atoms with E-state index in [0.29, 0.717) is 25.6 Å². The van der Waals surface area contributed by atoms with Crippen molar-refractivity contribution in [2.24, 2.45) is 13.0 Å². The van der Waals surface area contributed by atoms with E-state index in [4.69, 9.17) is 0 Å². The fourth-order valence-corrected chi connectivity index (χ4v) is 3.27. The third-order valence-corrected chi connectivity index (χ3v) is 4.98. The van der Waals surface area contributed by atoms with Crippen LogP contribution in [0.5, 0.6) is 0 Å². The first-order chi connectivity index (χ1) is 14.4. The van der Waals surface area contributed by atoms with Crippen molar-refractivity contribution in [3.8, 4) is 0 Å². The second-order valence-corrected chi connectivity index (χ2v) is 8.14. The molecule has 30 heavy (non-hydrogen) atoms. The van der Waals surface area contributed by atoms with Crippen LogP contribution in [0.4, 0.5) is 0 Å². The van der Waals surface area contributed by atoms with Crippen LogP contribution in [-0.4, -0.2) is 45.8 Å². The highest BCUT2D eigenvalue weighted by atomic mass is 16.2. The summed E-state index contributed by atoms with van der Waals surface area (Å²) < 4.78 is 2.03. The number of hydrogen-bond acceptors (Lipinski definition) is 2. The number of hydrogen-bond donors (Lipinski definition) is 0. The molecule has 0 fully saturated rings. The first kappa shape index (κ1) is 23.5. The van der Waals surface area contributed by atoms with E-state index in [1.54, 1.807) is 11.0 Å². The Morgan fingerprint density at radius 1 is 1.07 bits per heavy atom. The smallest absolute Gasteiger partial charge is 0.247 e. The molecule has 0 aliphatic carbocycles. The van der Waals surface area contributed by atoms with Gasteiger partial charge in [0.05, 0.1) is 6.54 Å². The fraction of sp³-hybridized carbons (Fsp3) is 0.440. The van der Waals surface area contributed by atoms with Crippen molar-refractivity contribution in [2.45, 2.75) is 40.2 Å². The minimum Gasteiger partial charge on any atom is -0.353 e. The monoisotopic (exact) mass is 409 g/mol. The van der Waals surface area contributed by atoms with Gasteiger partial charge in [-0.1, -0.05) is 57.5 Å². The Bertz CT molecular complexity index is 824. The van der Waals surface area contributed by atoms with Gasteiger partial charge in [-0.2, -0.15) is 0 Å². The van der Waals surface area contributed by atoms with Crippen LogP contribution in [0.15, 0.2) is 54.7 Å². The first-order valence-corrected chi connectivity index (χ1v) is 10.8. The summed E-state index contributed by atoms with van der Waals surface area (Å²) in [5.41, 5.74) is 2.05. The highest BCUT2D eigenvalue weighted by Gasteiger charge is 2.21. The van der Waals surface area contributed by atoms with Gasteiger partial charge in [0.1, 0.15) is 6.54 Å². The summed E-state index contributed by atoms with van der Waals surface area (Å²) in [7, 11) is 1.98. The van der Waals surface area contributed by atoms with Crippen molar-refractivity contribution in [3.63, 3.8) is 0 Å². The number of nitrogens with zero attached hydrogens (tertiary/aromatic N) is 3. The summed E-state index contributed by atoms with van der Waals surface area (Å²) in [5, 5.41) is 0. The Hall–Kier alpha value is -2.82. The molecular formula is C25H35N3O2. The van der Waals surface area contributed by atoms with E-state index >= 15 is 0 Å². The van der Waals surface area contributed by atoms with Gasteiger partial charge in [0.25, 0.3) is 0 Å². The number of rotatable bonds is 11. The third-order valence-electron chi connectivity index (χ3n) is 4.98. The Morgan fingerprint density at radius 3 is 2.40 bits per heavy atom. The summed E-state index contributed by atoms with van der Waals surface area (Å²) in [6.45, 7) is 8.21. The predicted octanol–water partition coefficient (Wildman–Crippen LogP) is 4.35. The molecule has 0 aliphatic heterocycles. The number of aromatic nitrogens is 1. The quantitative estimate of drug-likeness (QED) is 0.518. The topological polar surface area (TPSA) is 45.6 Å². The predicted molar refractivity (Wildman–Crippen MR) is 123 cm³/mol. The zero-order valence-electron chi connectivity index (χ0n) is 18.8. The normalized spacial score (nSPS) is 11.2. The number of carbonyl (C=O) groups excluding carboxylic acids is 2. The van der Waals surface area contributed by atoms with Crippen LogP contribution in [0, 0.1) is 5.92 Å². The SMILES string of the molecule is CCCCN(CC(=O)N(Cc1cccn1C)CC(C)C)C(=O)/C=C/c1ccccc1. The Balaban J connectivity index is 2.10. The summed E-state index contributed by atoms with van der Waals surface area (Å²) in [6.07, 6.45) is 7.21. The molecule has 1 heterocycles. The molecule has 2 aromatic rings. The number of carbonyl (C=O) groups is 2. The molecule has 5 nitrogen and oxygen atoms in total. The van der Waals surface area contributed by atoms with E-state index in [9.17, 15) is 9.59 Å². The number of unbranched alkanes of at least 4 members (excludes halogenated alkanes) is 1. The van der Waals surface area contributed by atoms with Gasteiger partial charge in [0.2, 0.25) is 11.8 Å². The number of amides is 2. The van der Waals surface area contributed by atoms with E-state index in [2.05, 4.69) is 20.8 Å². The average Bonchev–Trinajstić information content (AvgIpc) is 3.13. The molecule has 2 rings (SSSR count). The van der Waals surface area contributed by atoms with Gasteiger partial charge in [0.15, 0.2) is 0 Å². The van der Waals surface area contributed by atoms with Gasteiger partial charge < -0.3 is 14.4 Å². The molecule has 0 aliphatic rings. The van der Waals surface area contributed by atoms with Crippen LogP contribution < -0.4 is 0 Å². The Kier molecular flexibility index (Phi) is 9.39. The lowest BCUT2D eigenvalue weighted by molar-refractivity contribution is -0.139. The standard InChI is InChI=1S/C25H35N3O2/c1-5-6-17-27(24(29)15-14-22-11-8-7-9-12-22)20-25(30)28(18-21(2)3)19-23-13-10-16-26(23)4/h7-16,21H,5-6,17-20H2,1-4H3/b15-14+. The summed E-state index contributed by atoms with van der Waals surface area (Å²) in [4.78, 5) is 29.5. The van der Waals surface area contributed by atoms with Crippen LogP contribution in [-0.2, 0) is 23.2 Å². The maximum Gasteiger partial charge on any atom is 0.247 e. The van der Waals surface area contributed by atoms with Crippen LogP contribution >= 0.6 is 0 Å². The fourth-order valence-electron chi connectivity index (χ4n) is 3.27. The van der Waals surface area contributed by atoms with Crippen molar-refractivity contribution in [1.82, 2.24) is 14.4 Å². The molecule has 0 atom stereocenters. The average molecular weight is 410 g/mol. The lowest BCUT2D eigenvalue weighted by Crippen LogP contribution is -2.44. The van der Waals surface area contributed by atoms with E-state index < -0.39 is 0 Å². The molecule has 0 spiro atoms. The van der Waals surface area contributed by atoms with Crippen molar-refractivity contribution < 1.29 is 9.59 Å². The molecule has 1 aromatic carbocycles. The van der Waals surface area contributed by atoms with E-state index in [-0.39, 0.29) is 18.4 Å². The maximum atomic E-state index is 13.2. The summed E-state index contributed by atoms with van der Waals surface area (Å²) in [5.74, 6) is 0.221. The second kappa shape index (κ2) is 12.0. The second-order valence-electron chi connectivity index (χ2n) is 8.14. The van der Waals surface area contributed by atoms with Crippen molar-refractivity contribution in [2.75, 3.05) is 19.6 Å². The molecule has 1 aromatic heterocycles. The molecular weight excluding hydrogens is 374 g/mol. The zero-order valence-corrected chi connectivity index (χ0v) is 18.8. The lowest BCUT2D eigenvalue weighted by Gasteiger charge is -2.28. The van der Waals surface area contributed by atoms with Gasteiger partial charge in [-0.25, -0.2) is 0 Å². The maximum absolute atomic E-state index is 13.2. The van der Waals surface area contributed by atoms with Crippen LogP contribution in [0.2, 0.25) is 0 Å². The van der Waals surface area contributed by atoms with E-state index in [0.717, 1.165) is 24.1 Å². The zero-order chi connectivity index (χ0) is 21.9. The molecule has 0 radical (unpaired) electrons. The molecule has 0 unspecified atom stereocenters. The van der Waals surface area contributed by atoms with Crippen LogP contribution in [0.25, 0.3) is 6.08 Å². The molecule has 162 valence electrons. The molecule has 0 saturated heterocycles. The van der Waals surface area contributed by atoms with Crippen molar-refractivity contribution in [3.05, 3.63) is 66.0 Å². The van der Waals surface area contributed by atoms with E-state index in [1.165, 1.54) is 0 Å². The van der Waals surface area contributed by atoms with Gasteiger partial charge in [-0.15, -0.1) is 0 Å². The van der Waals surface area contributed by atoms with Crippen molar-refractivity contribution >= 4 is 17.9 Å². The number of aryl methyl sites for hydroxylation is 1. The highest BCUT2D eigenvalue weighted by Crippen LogP contribution is 2.10. The summed E-state index contributed by atoms with van der Waals surface area (Å²) >= 11 is 0. The Labute approximate surface area is 181 Å². The molecule has 5 heteroatoms. The minimum atomic E-state index is -0.121. The highest BCUT2D eigenvalue weighted by molar-refractivity contribution is 5.94. The van der Waals surface area contributed by atoms with Crippen LogP contribution in [0.3, 0.4) is 0 Å². The van der Waals surface area contributed by atoms with E-state index in [1.807, 2.05) is 71.3 Å². The number of benzene rings is 1. The van der Waals surface area contributed by atoms with Crippen molar-refractivity contribution in [1.29, 1.82) is 0 Å². The first-order valence-electron chi connectivity index (χ1n) is 10.8. The van der Waals surface area contributed by atoms with Gasteiger partial charge in [-0.05, 0) is 36.1 Å². The lowest BCUT2D eigenvalue weighted by atomic mass is 10.2. The van der Waals surface area contributed by atoms with Gasteiger partial charge >= 0.3 is 0 Å².